The molecule has 1 aromatic carbocycles. The van der Waals surface area contributed by atoms with Crippen LogP contribution >= 0.6 is 0 Å². The molecule has 1 fully saturated rings. The molecular weight excluding hydrogens is 224 g/mol. The van der Waals surface area contributed by atoms with Crippen LogP contribution in [0.4, 0.5) is 0 Å². The van der Waals surface area contributed by atoms with Crippen LogP contribution in [0.2, 0.25) is 11.6 Å². The first kappa shape index (κ1) is 12.8. The minimum Gasteiger partial charge on any atom is -0.420 e. The molecule has 3 atom stereocenters. The maximum atomic E-state index is 6.02. The average Bonchev–Trinajstić information content (AvgIpc) is 2.40. The maximum Gasteiger partial charge on any atom is 0.179 e. The minimum atomic E-state index is -0.900. The molecule has 3 unspecified atom stereocenters. The van der Waals surface area contributed by atoms with Gasteiger partial charge in [-0.1, -0.05) is 50.6 Å². The SMILES string of the molecule is CC(CC(C)[SiH]1CCCCO1)c1ccccc1. The zero-order valence-electron chi connectivity index (χ0n) is 11.1. The van der Waals surface area contributed by atoms with Gasteiger partial charge in [0.05, 0.1) is 0 Å². The number of hydrogen-bond donors (Lipinski definition) is 0. The van der Waals surface area contributed by atoms with E-state index in [9.17, 15) is 0 Å². The van der Waals surface area contributed by atoms with E-state index in [0.717, 1.165) is 12.1 Å². The lowest BCUT2D eigenvalue weighted by Gasteiger charge is -2.28. The summed E-state index contributed by atoms with van der Waals surface area (Å²) in [5.41, 5.74) is 2.29. The Hall–Kier alpha value is -0.603. The molecule has 0 N–H and O–H groups in total. The monoisotopic (exact) mass is 248 g/mol. The van der Waals surface area contributed by atoms with E-state index in [1.165, 1.54) is 30.9 Å². The Labute approximate surface area is 107 Å². The lowest BCUT2D eigenvalue weighted by molar-refractivity contribution is 0.278. The van der Waals surface area contributed by atoms with Crippen molar-refractivity contribution in [3.63, 3.8) is 0 Å². The Bertz CT molecular complexity index is 319. The lowest BCUT2D eigenvalue weighted by atomic mass is 9.96. The average molecular weight is 248 g/mol. The van der Waals surface area contributed by atoms with Crippen molar-refractivity contribution in [2.24, 2.45) is 0 Å². The molecule has 1 aliphatic heterocycles. The van der Waals surface area contributed by atoms with E-state index in [4.69, 9.17) is 4.43 Å². The molecule has 1 heterocycles. The van der Waals surface area contributed by atoms with Gasteiger partial charge in [-0.3, -0.25) is 0 Å². The molecule has 17 heavy (non-hydrogen) atoms. The van der Waals surface area contributed by atoms with E-state index in [-0.39, 0.29) is 0 Å². The van der Waals surface area contributed by atoms with E-state index in [1.807, 2.05) is 0 Å². The van der Waals surface area contributed by atoms with Gasteiger partial charge in [-0.2, -0.15) is 0 Å². The molecule has 2 heteroatoms. The van der Waals surface area contributed by atoms with E-state index in [1.54, 1.807) is 0 Å². The second-order valence-electron chi connectivity index (χ2n) is 5.43. The first-order valence-corrected chi connectivity index (χ1v) is 8.89. The van der Waals surface area contributed by atoms with Gasteiger partial charge >= 0.3 is 0 Å². The van der Waals surface area contributed by atoms with Crippen LogP contribution < -0.4 is 0 Å². The summed E-state index contributed by atoms with van der Waals surface area (Å²) in [6, 6.07) is 12.3. The molecule has 1 nitrogen and oxygen atoms in total. The molecule has 0 amide bonds. The van der Waals surface area contributed by atoms with Crippen molar-refractivity contribution in [1.82, 2.24) is 0 Å². The number of rotatable bonds is 4. The standard InChI is InChI=1S/C15H24OSi/c1-13(15-8-4-3-5-9-15)12-14(2)17-11-7-6-10-16-17/h3-5,8-9,13-14,17H,6-7,10-12H2,1-2H3. The van der Waals surface area contributed by atoms with Gasteiger partial charge < -0.3 is 4.43 Å². The highest BCUT2D eigenvalue weighted by atomic mass is 28.3. The van der Waals surface area contributed by atoms with Gasteiger partial charge in [-0.25, -0.2) is 0 Å². The van der Waals surface area contributed by atoms with Crippen LogP contribution in [-0.2, 0) is 4.43 Å². The van der Waals surface area contributed by atoms with Crippen LogP contribution in [0.5, 0.6) is 0 Å². The first-order chi connectivity index (χ1) is 8.27. The molecule has 1 saturated heterocycles. The fourth-order valence-corrected chi connectivity index (χ4v) is 5.78. The van der Waals surface area contributed by atoms with Crippen LogP contribution in [0, 0.1) is 0 Å². The highest BCUT2D eigenvalue weighted by Gasteiger charge is 2.24. The van der Waals surface area contributed by atoms with Crippen molar-refractivity contribution in [3.05, 3.63) is 35.9 Å². The fraction of sp³-hybridized carbons (Fsp3) is 0.600. The summed E-state index contributed by atoms with van der Waals surface area (Å²) in [7, 11) is -0.900. The minimum absolute atomic E-state index is 0.671. The summed E-state index contributed by atoms with van der Waals surface area (Å²) in [6.45, 7) is 5.78. The maximum absolute atomic E-state index is 6.02. The van der Waals surface area contributed by atoms with Crippen molar-refractivity contribution in [2.75, 3.05) is 6.61 Å². The Morgan fingerprint density at radius 2 is 1.94 bits per heavy atom. The molecular formula is C15H24OSi. The van der Waals surface area contributed by atoms with E-state index < -0.39 is 9.04 Å². The summed E-state index contributed by atoms with van der Waals surface area (Å²) in [6.07, 6.45) is 3.98. The van der Waals surface area contributed by atoms with Crippen molar-refractivity contribution in [2.45, 2.75) is 50.6 Å². The summed E-state index contributed by atoms with van der Waals surface area (Å²) in [5, 5.41) is 0. The quantitative estimate of drug-likeness (QED) is 0.729. The third-order valence-corrected chi connectivity index (χ3v) is 7.13. The highest BCUT2D eigenvalue weighted by molar-refractivity contribution is 6.53. The largest absolute Gasteiger partial charge is 0.420 e. The molecule has 0 bridgehead atoms. The summed E-state index contributed by atoms with van der Waals surface area (Å²) in [4.78, 5) is 0. The van der Waals surface area contributed by atoms with Gasteiger partial charge in [0.25, 0.3) is 0 Å². The number of benzene rings is 1. The van der Waals surface area contributed by atoms with Gasteiger partial charge in [-0.05, 0) is 35.9 Å². The molecule has 0 spiro atoms. The molecule has 0 aliphatic carbocycles. The normalized spacial score (nSPS) is 24.2. The predicted octanol–water partition coefficient (Wildman–Crippen LogP) is 4.10. The van der Waals surface area contributed by atoms with E-state index >= 15 is 0 Å². The van der Waals surface area contributed by atoms with Crippen molar-refractivity contribution in [3.8, 4) is 0 Å². The fourth-order valence-electron chi connectivity index (χ4n) is 2.84. The predicted molar refractivity (Wildman–Crippen MR) is 76.0 cm³/mol. The molecule has 0 saturated carbocycles. The van der Waals surface area contributed by atoms with Crippen LogP contribution in [0.3, 0.4) is 0 Å². The zero-order chi connectivity index (χ0) is 12.1. The summed E-state index contributed by atoms with van der Waals surface area (Å²) < 4.78 is 6.02. The summed E-state index contributed by atoms with van der Waals surface area (Å²) >= 11 is 0. The Kier molecular flexibility index (Phi) is 4.81. The third-order valence-electron chi connectivity index (χ3n) is 3.94. The van der Waals surface area contributed by atoms with E-state index in [0.29, 0.717) is 5.92 Å². The van der Waals surface area contributed by atoms with Crippen molar-refractivity contribution in [1.29, 1.82) is 0 Å². The molecule has 1 aromatic rings. The van der Waals surface area contributed by atoms with Crippen LogP contribution in [0.15, 0.2) is 30.3 Å². The van der Waals surface area contributed by atoms with Crippen LogP contribution in [0.1, 0.15) is 44.6 Å². The van der Waals surface area contributed by atoms with Crippen molar-refractivity contribution < 1.29 is 4.43 Å². The molecule has 1 aliphatic rings. The van der Waals surface area contributed by atoms with Gasteiger partial charge in [0, 0.05) is 6.61 Å². The topological polar surface area (TPSA) is 9.23 Å². The summed E-state index contributed by atoms with van der Waals surface area (Å²) in [5.74, 6) is 0.671. The molecule has 2 rings (SSSR count). The van der Waals surface area contributed by atoms with Gasteiger partial charge in [-0.15, -0.1) is 0 Å². The van der Waals surface area contributed by atoms with Gasteiger partial charge in [0.1, 0.15) is 0 Å². The zero-order valence-corrected chi connectivity index (χ0v) is 12.2. The Morgan fingerprint density at radius 3 is 2.59 bits per heavy atom. The lowest BCUT2D eigenvalue weighted by Crippen LogP contribution is -2.28. The van der Waals surface area contributed by atoms with E-state index in [2.05, 4.69) is 44.2 Å². The molecule has 0 radical (unpaired) electrons. The first-order valence-electron chi connectivity index (χ1n) is 6.94. The second kappa shape index (κ2) is 6.36. The smallest absolute Gasteiger partial charge is 0.179 e. The van der Waals surface area contributed by atoms with Crippen LogP contribution in [0.25, 0.3) is 0 Å². The highest BCUT2D eigenvalue weighted by Crippen LogP contribution is 2.31. The van der Waals surface area contributed by atoms with Gasteiger partial charge in [0.2, 0.25) is 0 Å². The Balaban J connectivity index is 1.87. The van der Waals surface area contributed by atoms with Crippen molar-refractivity contribution >= 4 is 9.04 Å². The number of hydrogen-bond acceptors (Lipinski definition) is 1. The second-order valence-corrected chi connectivity index (χ2v) is 8.56. The molecule has 94 valence electrons. The third kappa shape index (κ3) is 3.68. The van der Waals surface area contributed by atoms with Gasteiger partial charge in [0.15, 0.2) is 9.04 Å². The Morgan fingerprint density at radius 1 is 1.18 bits per heavy atom. The van der Waals surface area contributed by atoms with Crippen LogP contribution in [-0.4, -0.2) is 15.6 Å². The molecule has 0 aromatic heterocycles.